The predicted octanol–water partition coefficient (Wildman–Crippen LogP) is 3.52. The van der Waals surface area contributed by atoms with Crippen molar-refractivity contribution in [3.8, 4) is 0 Å². The van der Waals surface area contributed by atoms with Crippen LogP contribution in [0.4, 0.5) is 0 Å². The SMILES string of the molecule is ClCc1nnc(Cc2ccc(Cl)cc2)s1. The molecule has 0 saturated carbocycles. The molecule has 2 nitrogen and oxygen atoms in total. The maximum Gasteiger partial charge on any atom is 0.132 e. The van der Waals surface area contributed by atoms with Gasteiger partial charge in [0.1, 0.15) is 10.0 Å². The summed E-state index contributed by atoms with van der Waals surface area (Å²) in [4.78, 5) is 0. The van der Waals surface area contributed by atoms with Crippen molar-refractivity contribution in [3.05, 3.63) is 44.9 Å². The van der Waals surface area contributed by atoms with Crippen LogP contribution < -0.4 is 0 Å². The fourth-order valence-electron chi connectivity index (χ4n) is 1.19. The largest absolute Gasteiger partial charge is 0.143 e. The third-order valence-electron chi connectivity index (χ3n) is 1.89. The van der Waals surface area contributed by atoms with Crippen molar-refractivity contribution in [1.82, 2.24) is 10.2 Å². The molecular formula is C10H8Cl2N2S. The van der Waals surface area contributed by atoms with Gasteiger partial charge in [-0.3, -0.25) is 0 Å². The van der Waals surface area contributed by atoms with Gasteiger partial charge in [-0.25, -0.2) is 0 Å². The van der Waals surface area contributed by atoms with Crippen LogP contribution in [0, 0.1) is 0 Å². The molecule has 0 N–H and O–H groups in total. The van der Waals surface area contributed by atoms with Crippen LogP contribution >= 0.6 is 34.5 Å². The number of halogens is 2. The molecule has 0 fully saturated rings. The van der Waals surface area contributed by atoms with Crippen molar-refractivity contribution < 1.29 is 0 Å². The van der Waals surface area contributed by atoms with E-state index in [2.05, 4.69) is 10.2 Å². The first-order valence-corrected chi connectivity index (χ1v) is 6.12. The summed E-state index contributed by atoms with van der Waals surface area (Å²) in [5, 5.41) is 10.6. The Morgan fingerprint density at radius 3 is 2.33 bits per heavy atom. The summed E-state index contributed by atoms with van der Waals surface area (Å²) in [6, 6.07) is 7.73. The van der Waals surface area contributed by atoms with Crippen LogP contribution in [0.3, 0.4) is 0 Å². The Bertz CT molecular complexity index is 439. The highest BCUT2D eigenvalue weighted by molar-refractivity contribution is 7.11. The first-order valence-electron chi connectivity index (χ1n) is 4.39. The highest BCUT2D eigenvalue weighted by atomic mass is 35.5. The fourth-order valence-corrected chi connectivity index (χ4v) is 2.26. The number of hydrogen-bond acceptors (Lipinski definition) is 3. The number of nitrogens with zero attached hydrogens (tertiary/aromatic N) is 2. The molecule has 0 spiro atoms. The van der Waals surface area contributed by atoms with Crippen LogP contribution in [-0.2, 0) is 12.3 Å². The van der Waals surface area contributed by atoms with Crippen LogP contribution in [0.25, 0.3) is 0 Å². The molecule has 1 heterocycles. The van der Waals surface area contributed by atoms with E-state index in [9.17, 15) is 0 Å². The molecule has 0 aliphatic rings. The van der Waals surface area contributed by atoms with E-state index in [1.54, 1.807) is 11.3 Å². The van der Waals surface area contributed by atoms with Crippen molar-refractivity contribution in [1.29, 1.82) is 0 Å². The van der Waals surface area contributed by atoms with Crippen LogP contribution in [0.5, 0.6) is 0 Å². The zero-order chi connectivity index (χ0) is 10.7. The Balaban J connectivity index is 2.11. The standard InChI is InChI=1S/C10H8Cl2N2S/c11-6-10-14-13-9(15-10)5-7-1-3-8(12)4-2-7/h1-4H,5-6H2. The summed E-state index contributed by atoms with van der Waals surface area (Å²) >= 11 is 13.0. The lowest BCUT2D eigenvalue weighted by molar-refractivity contribution is 0.976. The maximum absolute atomic E-state index is 5.80. The van der Waals surface area contributed by atoms with Crippen LogP contribution in [-0.4, -0.2) is 10.2 Å². The molecule has 0 amide bonds. The van der Waals surface area contributed by atoms with Gasteiger partial charge in [-0.1, -0.05) is 35.1 Å². The molecule has 5 heteroatoms. The van der Waals surface area contributed by atoms with Crippen LogP contribution in [0.15, 0.2) is 24.3 Å². The number of benzene rings is 1. The second kappa shape index (κ2) is 4.92. The van der Waals surface area contributed by atoms with Gasteiger partial charge < -0.3 is 0 Å². The predicted molar refractivity (Wildman–Crippen MR) is 63.7 cm³/mol. The van der Waals surface area contributed by atoms with E-state index < -0.39 is 0 Å². The molecular weight excluding hydrogens is 251 g/mol. The van der Waals surface area contributed by atoms with Crippen LogP contribution in [0.1, 0.15) is 15.6 Å². The summed E-state index contributed by atoms with van der Waals surface area (Å²) in [6.07, 6.45) is 0.783. The number of aromatic nitrogens is 2. The average molecular weight is 259 g/mol. The highest BCUT2D eigenvalue weighted by Gasteiger charge is 2.03. The number of rotatable bonds is 3. The zero-order valence-corrected chi connectivity index (χ0v) is 10.1. The molecule has 0 unspecified atom stereocenters. The van der Waals surface area contributed by atoms with Crippen molar-refractivity contribution >= 4 is 34.5 Å². The van der Waals surface area contributed by atoms with Gasteiger partial charge in [-0.2, -0.15) is 0 Å². The monoisotopic (exact) mass is 258 g/mol. The first kappa shape index (κ1) is 10.9. The van der Waals surface area contributed by atoms with Gasteiger partial charge in [0, 0.05) is 11.4 Å². The molecule has 0 aliphatic heterocycles. The average Bonchev–Trinajstić information content (AvgIpc) is 2.69. The molecule has 1 aromatic heterocycles. The second-order valence-electron chi connectivity index (χ2n) is 3.03. The molecule has 2 rings (SSSR count). The molecule has 0 saturated heterocycles. The second-order valence-corrected chi connectivity index (χ2v) is 4.88. The van der Waals surface area contributed by atoms with E-state index in [1.807, 2.05) is 24.3 Å². The van der Waals surface area contributed by atoms with E-state index in [0.29, 0.717) is 5.88 Å². The van der Waals surface area contributed by atoms with Crippen molar-refractivity contribution in [3.63, 3.8) is 0 Å². The van der Waals surface area contributed by atoms with Crippen LogP contribution in [0.2, 0.25) is 5.02 Å². The number of hydrogen-bond donors (Lipinski definition) is 0. The van der Waals surface area contributed by atoms with E-state index in [4.69, 9.17) is 23.2 Å². The van der Waals surface area contributed by atoms with E-state index >= 15 is 0 Å². The van der Waals surface area contributed by atoms with Gasteiger partial charge in [0.05, 0.1) is 5.88 Å². The topological polar surface area (TPSA) is 25.8 Å². The summed E-state index contributed by atoms with van der Waals surface area (Å²) in [6.45, 7) is 0. The summed E-state index contributed by atoms with van der Waals surface area (Å²) in [5.41, 5.74) is 1.18. The van der Waals surface area contributed by atoms with E-state index in [-0.39, 0.29) is 0 Å². The Morgan fingerprint density at radius 1 is 1.07 bits per heavy atom. The molecule has 15 heavy (non-hydrogen) atoms. The molecule has 78 valence electrons. The minimum atomic E-state index is 0.429. The molecule has 1 aromatic carbocycles. The third kappa shape index (κ3) is 2.91. The molecule has 0 bridgehead atoms. The summed E-state index contributed by atoms with van der Waals surface area (Å²) in [5.74, 6) is 0.429. The van der Waals surface area contributed by atoms with E-state index in [1.165, 1.54) is 5.56 Å². The Labute approximate surface area is 102 Å². The first-order chi connectivity index (χ1) is 7.28. The van der Waals surface area contributed by atoms with Gasteiger partial charge in [-0.05, 0) is 17.7 Å². The molecule has 0 atom stereocenters. The van der Waals surface area contributed by atoms with Gasteiger partial charge in [0.25, 0.3) is 0 Å². The van der Waals surface area contributed by atoms with E-state index in [0.717, 1.165) is 21.5 Å². The minimum absolute atomic E-state index is 0.429. The maximum atomic E-state index is 5.80. The van der Waals surface area contributed by atoms with Gasteiger partial charge >= 0.3 is 0 Å². The lowest BCUT2D eigenvalue weighted by Crippen LogP contribution is -1.86. The molecule has 0 radical (unpaired) electrons. The van der Waals surface area contributed by atoms with Crippen molar-refractivity contribution in [2.75, 3.05) is 0 Å². The zero-order valence-electron chi connectivity index (χ0n) is 7.78. The summed E-state index contributed by atoms with van der Waals surface area (Å²) < 4.78 is 0. The highest BCUT2D eigenvalue weighted by Crippen LogP contribution is 2.17. The normalized spacial score (nSPS) is 10.5. The van der Waals surface area contributed by atoms with Crippen molar-refractivity contribution in [2.45, 2.75) is 12.3 Å². The molecule has 2 aromatic rings. The quantitative estimate of drug-likeness (QED) is 0.788. The fraction of sp³-hybridized carbons (Fsp3) is 0.200. The smallest absolute Gasteiger partial charge is 0.132 e. The lowest BCUT2D eigenvalue weighted by atomic mass is 10.2. The lowest BCUT2D eigenvalue weighted by Gasteiger charge is -1.96. The van der Waals surface area contributed by atoms with Gasteiger partial charge in [-0.15, -0.1) is 21.8 Å². The Morgan fingerprint density at radius 2 is 1.73 bits per heavy atom. The van der Waals surface area contributed by atoms with Crippen molar-refractivity contribution in [2.24, 2.45) is 0 Å². The Hall–Kier alpha value is -0.640. The third-order valence-corrected chi connectivity index (χ3v) is 3.48. The number of alkyl halides is 1. The van der Waals surface area contributed by atoms with Gasteiger partial charge in [0.2, 0.25) is 0 Å². The Kier molecular flexibility index (Phi) is 3.57. The summed E-state index contributed by atoms with van der Waals surface area (Å²) in [7, 11) is 0. The minimum Gasteiger partial charge on any atom is -0.143 e. The molecule has 0 aliphatic carbocycles. The van der Waals surface area contributed by atoms with Gasteiger partial charge in [0.15, 0.2) is 0 Å².